The Kier molecular flexibility index (Phi) is 9.50. The fourth-order valence-electron chi connectivity index (χ4n) is 1.73. The summed E-state index contributed by atoms with van der Waals surface area (Å²) < 4.78 is 0. The third-order valence-corrected chi connectivity index (χ3v) is 2.53. The lowest BCUT2D eigenvalue weighted by atomic mass is 10.2. The van der Waals surface area contributed by atoms with E-state index in [1.54, 1.807) is 0 Å². The summed E-state index contributed by atoms with van der Waals surface area (Å²) in [7, 11) is 0. The number of hydrogen-bond donors (Lipinski definition) is 0. The molecule has 0 aliphatic heterocycles. The maximum absolute atomic E-state index is 4.45. The molecule has 98 valence electrons. The standard InChI is InChI=1S/C13H22N2.C2H6/c1-4-9-15(10-5-2)13-11-12(6-3)7-8-14-13;1-2/h7-8,11H,4-6,9-10H2,1-3H3;1-2H3. The first-order valence-corrected chi connectivity index (χ1v) is 7.01. The fourth-order valence-corrected chi connectivity index (χ4v) is 1.73. The van der Waals surface area contributed by atoms with Crippen molar-refractivity contribution < 1.29 is 0 Å². The van der Waals surface area contributed by atoms with Crippen LogP contribution in [0.2, 0.25) is 0 Å². The SMILES string of the molecule is CC.CCCN(CCC)c1cc(CC)ccn1. The van der Waals surface area contributed by atoms with Crippen LogP contribution in [0.1, 0.15) is 53.0 Å². The number of nitrogens with zero attached hydrogens (tertiary/aromatic N) is 2. The summed E-state index contributed by atoms with van der Waals surface area (Å²) in [4.78, 5) is 6.82. The van der Waals surface area contributed by atoms with Gasteiger partial charge in [-0.1, -0.05) is 34.6 Å². The Morgan fingerprint density at radius 3 is 2.12 bits per heavy atom. The largest absolute Gasteiger partial charge is 0.357 e. The molecule has 1 aromatic heterocycles. The Hall–Kier alpha value is -1.05. The molecule has 0 aliphatic carbocycles. The van der Waals surface area contributed by atoms with E-state index in [1.165, 1.54) is 18.4 Å². The second-order valence-electron chi connectivity index (χ2n) is 3.86. The molecule has 0 N–H and O–H groups in total. The van der Waals surface area contributed by atoms with Crippen molar-refractivity contribution in [2.75, 3.05) is 18.0 Å². The molecule has 0 spiro atoms. The summed E-state index contributed by atoms with van der Waals surface area (Å²) in [6.07, 6.45) is 5.37. The second kappa shape index (κ2) is 10.1. The number of aryl methyl sites for hydroxylation is 1. The van der Waals surface area contributed by atoms with Gasteiger partial charge in [-0.3, -0.25) is 0 Å². The third kappa shape index (κ3) is 5.71. The van der Waals surface area contributed by atoms with Gasteiger partial charge >= 0.3 is 0 Å². The smallest absolute Gasteiger partial charge is 0.128 e. The highest BCUT2D eigenvalue weighted by Gasteiger charge is 2.05. The van der Waals surface area contributed by atoms with E-state index in [2.05, 4.69) is 42.8 Å². The molecule has 0 saturated carbocycles. The van der Waals surface area contributed by atoms with Crippen LogP contribution < -0.4 is 4.90 Å². The molecule has 2 nitrogen and oxygen atoms in total. The Balaban J connectivity index is 0.00000121. The molecule has 17 heavy (non-hydrogen) atoms. The minimum atomic E-state index is 1.08. The molecular formula is C15H28N2. The summed E-state index contributed by atoms with van der Waals surface area (Å²) in [5, 5.41) is 0. The van der Waals surface area contributed by atoms with Crippen LogP contribution in [0.5, 0.6) is 0 Å². The molecule has 2 heteroatoms. The molecule has 0 radical (unpaired) electrons. The average Bonchev–Trinajstić information content (AvgIpc) is 2.41. The van der Waals surface area contributed by atoms with Crippen molar-refractivity contribution in [3.63, 3.8) is 0 Å². The summed E-state index contributed by atoms with van der Waals surface area (Å²) >= 11 is 0. The molecule has 1 aromatic rings. The molecule has 1 heterocycles. The topological polar surface area (TPSA) is 16.1 Å². The molecule has 0 fully saturated rings. The van der Waals surface area contributed by atoms with Gasteiger partial charge in [0.2, 0.25) is 0 Å². The Labute approximate surface area is 107 Å². The Morgan fingerprint density at radius 1 is 1.06 bits per heavy atom. The van der Waals surface area contributed by atoms with Crippen LogP contribution in [0.4, 0.5) is 5.82 Å². The first-order valence-electron chi connectivity index (χ1n) is 7.01. The molecule has 0 bridgehead atoms. The zero-order valence-electron chi connectivity index (χ0n) is 12.2. The molecule has 1 rings (SSSR count). The van der Waals surface area contributed by atoms with Crippen molar-refractivity contribution in [1.29, 1.82) is 0 Å². The molecule has 0 unspecified atom stereocenters. The minimum absolute atomic E-state index is 1.08. The Bertz CT molecular complexity index is 278. The lowest BCUT2D eigenvalue weighted by molar-refractivity contribution is 0.733. The monoisotopic (exact) mass is 236 g/mol. The van der Waals surface area contributed by atoms with Crippen LogP contribution in [0.3, 0.4) is 0 Å². The first-order chi connectivity index (χ1) is 8.31. The van der Waals surface area contributed by atoms with E-state index < -0.39 is 0 Å². The van der Waals surface area contributed by atoms with Gasteiger partial charge in [0.05, 0.1) is 0 Å². The number of hydrogen-bond acceptors (Lipinski definition) is 2. The molecule has 0 atom stereocenters. The van der Waals surface area contributed by atoms with Crippen molar-refractivity contribution in [1.82, 2.24) is 4.98 Å². The van der Waals surface area contributed by atoms with E-state index in [1.807, 2.05) is 20.0 Å². The minimum Gasteiger partial charge on any atom is -0.357 e. The predicted octanol–water partition coefficient (Wildman–Crippen LogP) is 4.30. The highest BCUT2D eigenvalue weighted by molar-refractivity contribution is 5.40. The molecule has 0 amide bonds. The van der Waals surface area contributed by atoms with E-state index in [0.29, 0.717) is 0 Å². The fraction of sp³-hybridized carbons (Fsp3) is 0.667. The van der Waals surface area contributed by atoms with Crippen LogP contribution in [0, 0.1) is 0 Å². The van der Waals surface area contributed by atoms with Gasteiger partial charge in [-0.05, 0) is 37.0 Å². The summed E-state index contributed by atoms with van der Waals surface area (Å²) in [5.41, 5.74) is 1.37. The van der Waals surface area contributed by atoms with Crippen LogP contribution in [-0.4, -0.2) is 18.1 Å². The van der Waals surface area contributed by atoms with Crippen LogP contribution >= 0.6 is 0 Å². The average molecular weight is 236 g/mol. The molecule has 0 aliphatic rings. The predicted molar refractivity (Wildman–Crippen MR) is 77.8 cm³/mol. The summed E-state index contributed by atoms with van der Waals surface area (Å²) in [6.45, 7) is 12.8. The van der Waals surface area contributed by atoms with Gasteiger partial charge < -0.3 is 4.90 Å². The van der Waals surface area contributed by atoms with Gasteiger partial charge in [0.1, 0.15) is 5.82 Å². The maximum Gasteiger partial charge on any atom is 0.128 e. The van der Waals surface area contributed by atoms with Crippen molar-refractivity contribution in [3.8, 4) is 0 Å². The zero-order valence-corrected chi connectivity index (χ0v) is 12.2. The number of anilines is 1. The van der Waals surface area contributed by atoms with Crippen molar-refractivity contribution in [2.24, 2.45) is 0 Å². The van der Waals surface area contributed by atoms with Gasteiger partial charge in [-0.15, -0.1) is 0 Å². The molecule has 0 saturated heterocycles. The van der Waals surface area contributed by atoms with Gasteiger partial charge in [0.25, 0.3) is 0 Å². The Morgan fingerprint density at radius 2 is 1.65 bits per heavy atom. The van der Waals surface area contributed by atoms with Gasteiger partial charge in [0.15, 0.2) is 0 Å². The van der Waals surface area contributed by atoms with Gasteiger partial charge in [0, 0.05) is 19.3 Å². The molecular weight excluding hydrogens is 208 g/mol. The summed E-state index contributed by atoms with van der Waals surface area (Å²) in [6, 6.07) is 4.31. The van der Waals surface area contributed by atoms with Crippen LogP contribution in [-0.2, 0) is 6.42 Å². The van der Waals surface area contributed by atoms with Crippen molar-refractivity contribution in [2.45, 2.75) is 53.9 Å². The number of aromatic nitrogens is 1. The lowest BCUT2D eigenvalue weighted by Crippen LogP contribution is -2.25. The van der Waals surface area contributed by atoms with Crippen LogP contribution in [0.15, 0.2) is 18.3 Å². The zero-order chi connectivity index (χ0) is 13.1. The molecule has 0 aromatic carbocycles. The quantitative estimate of drug-likeness (QED) is 0.732. The normalized spacial score (nSPS) is 9.47. The lowest BCUT2D eigenvalue weighted by Gasteiger charge is -2.22. The third-order valence-electron chi connectivity index (χ3n) is 2.53. The summed E-state index contributed by atoms with van der Waals surface area (Å²) in [5.74, 6) is 1.14. The van der Waals surface area contributed by atoms with Gasteiger partial charge in [-0.2, -0.15) is 0 Å². The highest BCUT2D eigenvalue weighted by atomic mass is 15.2. The van der Waals surface area contributed by atoms with Crippen LogP contribution in [0.25, 0.3) is 0 Å². The number of rotatable bonds is 6. The van der Waals surface area contributed by atoms with E-state index in [0.717, 1.165) is 25.3 Å². The van der Waals surface area contributed by atoms with E-state index in [9.17, 15) is 0 Å². The van der Waals surface area contributed by atoms with Gasteiger partial charge in [-0.25, -0.2) is 4.98 Å². The maximum atomic E-state index is 4.45. The second-order valence-corrected chi connectivity index (χ2v) is 3.86. The van der Waals surface area contributed by atoms with Crippen molar-refractivity contribution >= 4 is 5.82 Å². The highest BCUT2D eigenvalue weighted by Crippen LogP contribution is 2.13. The van der Waals surface area contributed by atoms with Crippen molar-refractivity contribution in [3.05, 3.63) is 23.9 Å². The number of pyridine rings is 1. The first kappa shape index (κ1) is 16.0. The van der Waals surface area contributed by atoms with E-state index >= 15 is 0 Å². The van der Waals surface area contributed by atoms with E-state index in [-0.39, 0.29) is 0 Å². The van der Waals surface area contributed by atoms with E-state index in [4.69, 9.17) is 0 Å².